The van der Waals surface area contributed by atoms with Crippen LogP contribution < -0.4 is 4.74 Å². The maximum absolute atomic E-state index is 13.5. The third kappa shape index (κ3) is 5.49. The van der Waals surface area contributed by atoms with Gasteiger partial charge in [-0.15, -0.1) is 0 Å². The second-order valence-corrected chi connectivity index (χ2v) is 8.33. The van der Waals surface area contributed by atoms with Crippen molar-refractivity contribution in [2.45, 2.75) is 66.0 Å². The Labute approximate surface area is 184 Å². The van der Waals surface area contributed by atoms with Crippen LogP contribution in [0.25, 0.3) is 0 Å². The van der Waals surface area contributed by atoms with Crippen LogP contribution in [0.1, 0.15) is 71.9 Å². The molecule has 0 bridgehead atoms. The minimum absolute atomic E-state index is 0.0768. The monoisotopic (exact) mass is 426 g/mol. The average Bonchev–Trinajstić information content (AvgIpc) is 3.06. The van der Waals surface area contributed by atoms with Crippen LogP contribution in [0.2, 0.25) is 0 Å². The number of rotatable bonds is 8. The zero-order valence-corrected chi connectivity index (χ0v) is 19.1. The molecule has 0 saturated heterocycles. The number of methoxy groups -OCH3 is 1. The lowest BCUT2D eigenvalue weighted by atomic mass is 9.88. The molecule has 1 aliphatic rings. The van der Waals surface area contributed by atoms with E-state index in [1.165, 1.54) is 6.42 Å². The molecule has 1 N–H and O–H groups in total. The zero-order chi connectivity index (χ0) is 22.4. The summed E-state index contributed by atoms with van der Waals surface area (Å²) in [6.45, 7) is 6.89. The molecule has 0 unspecified atom stereocenters. The smallest absolute Gasteiger partial charge is 0.340 e. The van der Waals surface area contributed by atoms with Gasteiger partial charge in [-0.1, -0.05) is 31.4 Å². The number of aryl methyl sites for hydroxylation is 1. The van der Waals surface area contributed by atoms with Gasteiger partial charge in [0, 0.05) is 23.9 Å². The molecule has 6 nitrogen and oxygen atoms in total. The number of H-pyrrole nitrogens is 1. The summed E-state index contributed by atoms with van der Waals surface area (Å²) < 4.78 is 10.5. The molecule has 0 radical (unpaired) electrons. The number of hydrogen-bond acceptors (Lipinski definition) is 4. The van der Waals surface area contributed by atoms with Crippen molar-refractivity contribution in [3.63, 3.8) is 0 Å². The Morgan fingerprint density at radius 3 is 2.35 bits per heavy atom. The Bertz CT molecular complexity index is 895. The number of carbonyl (C=O) groups excluding carboxylic acids is 2. The quantitative estimate of drug-likeness (QED) is 0.608. The van der Waals surface area contributed by atoms with E-state index in [2.05, 4.69) is 4.98 Å². The normalized spacial score (nSPS) is 14.3. The number of benzene rings is 1. The van der Waals surface area contributed by atoms with Gasteiger partial charge >= 0.3 is 5.97 Å². The molecular formula is C25H34N2O4. The molecule has 1 saturated carbocycles. The third-order valence-corrected chi connectivity index (χ3v) is 6.17. The Morgan fingerprint density at radius 1 is 1.06 bits per heavy atom. The van der Waals surface area contributed by atoms with Crippen molar-refractivity contribution in [1.82, 2.24) is 9.88 Å². The van der Waals surface area contributed by atoms with Gasteiger partial charge in [-0.05, 0) is 56.9 Å². The van der Waals surface area contributed by atoms with E-state index in [9.17, 15) is 9.59 Å². The molecule has 168 valence electrons. The number of esters is 1. The lowest BCUT2D eigenvalue weighted by Crippen LogP contribution is -2.36. The van der Waals surface area contributed by atoms with E-state index in [0.717, 1.165) is 53.9 Å². The number of amides is 1. The number of hydrogen-bond donors (Lipinski definition) is 1. The first-order chi connectivity index (χ1) is 14.9. The summed E-state index contributed by atoms with van der Waals surface area (Å²) in [5.74, 6) is 0.747. The Morgan fingerprint density at radius 2 is 1.74 bits per heavy atom. The summed E-state index contributed by atoms with van der Waals surface area (Å²) in [5.41, 5.74) is 4.15. The van der Waals surface area contributed by atoms with Crippen molar-refractivity contribution < 1.29 is 19.1 Å². The van der Waals surface area contributed by atoms with Crippen molar-refractivity contribution in [3.05, 3.63) is 52.3 Å². The molecule has 31 heavy (non-hydrogen) atoms. The van der Waals surface area contributed by atoms with Gasteiger partial charge in [0.15, 0.2) is 0 Å². The predicted molar refractivity (Wildman–Crippen MR) is 120 cm³/mol. The number of nitrogens with zero attached hydrogens (tertiary/aromatic N) is 1. The minimum Gasteiger partial charge on any atom is -0.497 e. The predicted octanol–water partition coefficient (Wildman–Crippen LogP) is 4.93. The second kappa shape index (κ2) is 10.5. The highest BCUT2D eigenvalue weighted by molar-refractivity contribution is 5.93. The summed E-state index contributed by atoms with van der Waals surface area (Å²) in [4.78, 5) is 31.1. The zero-order valence-electron chi connectivity index (χ0n) is 19.1. The van der Waals surface area contributed by atoms with Gasteiger partial charge in [0.05, 0.1) is 25.8 Å². The number of ether oxygens (including phenoxy) is 2. The SMILES string of the molecule is CCOC(=O)c1c(C)[nH]c(CN(Cc2ccc(OC)cc2)C(=O)C2CCCCC2)c1C. The van der Waals surface area contributed by atoms with Crippen LogP contribution in [-0.2, 0) is 22.6 Å². The molecule has 2 aromatic rings. The third-order valence-electron chi connectivity index (χ3n) is 6.17. The molecule has 1 aromatic carbocycles. The first-order valence-corrected chi connectivity index (χ1v) is 11.2. The maximum atomic E-state index is 13.5. The summed E-state index contributed by atoms with van der Waals surface area (Å²) >= 11 is 0. The van der Waals surface area contributed by atoms with E-state index >= 15 is 0 Å². The van der Waals surface area contributed by atoms with E-state index in [1.54, 1.807) is 14.0 Å². The van der Waals surface area contributed by atoms with Gasteiger partial charge in [0.1, 0.15) is 5.75 Å². The first kappa shape index (κ1) is 22.9. The number of aromatic amines is 1. The molecule has 1 fully saturated rings. The van der Waals surface area contributed by atoms with Gasteiger partial charge in [0.25, 0.3) is 0 Å². The minimum atomic E-state index is -0.319. The molecule has 3 rings (SSSR count). The van der Waals surface area contributed by atoms with E-state index in [0.29, 0.717) is 25.3 Å². The Kier molecular flexibility index (Phi) is 7.77. The van der Waals surface area contributed by atoms with E-state index in [-0.39, 0.29) is 17.8 Å². The molecule has 1 aromatic heterocycles. The summed E-state index contributed by atoms with van der Waals surface area (Å²) in [5, 5.41) is 0. The van der Waals surface area contributed by atoms with Gasteiger partial charge in [-0.3, -0.25) is 4.79 Å². The standard InChI is InChI=1S/C25H34N2O4/c1-5-31-25(29)23-17(2)22(26-18(23)3)16-27(24(28)20-9-7-6-8-10-20)15-19-11-13-21(30-4)14-12-19/h11-14,20,26H,5-10,15-16H2,1-4H3. The van der Waals surface area contributed by atoms with Crippen molar-refractivity contribution in [2.24, 2.45) is 5.92 Å². The maximum Gasteiger partial charge on any atom is 0.340 e. The topological polar surface area (TPSA) is 71.6 Å². The molecule has 1 amide bonds. The fraction of sp³-hybridized carbons (Fsp3) is 0.520. The Balaban J connectivity index is 1.86. The highest BCUT2D eigenvalue weighted by atomic mass is 16.5. The fourth-order valence-corrected chi connectivity index (χ4v) is 4.44. The van der Waals surface area contributed by atoms with Crippen LogP contribution in [0.3, 0.4) is 0 Å². The first-order valence-electron chi connectivity index (χ1n) is 11.2. The van der Waals surface area contributed by atoms with Crippen LogP contribution in [0.4, 0.5) is 0 Å². The summed E-state index contributed by atoms with van der Waals surface area (Å²) in [6.07, 6.45) is 5.34. The fourth-order valence-electron chi connectivity index (χ4n) is 4.44. The number of nitrogens with one attached hydrogen (secondary N) is 1. The summed E-state index contributed by atoms with van der Waals surface area (Å²) in [6, 6.07) is 7.83. The van der Waals surface area contributed by atoms with Crippen molar-refractivity contribution in [2.75, 3.05) is 13.7 Å². The lowest BCUT2D eigenvalue weighted by molar-refractivity contribution is -0.138. The molecular weight excluding hydrogens is 392 g/mol. The van der Waals surface area contributed by atoms with Crippen LogP contribution >= 0.6 is 0 Å². The van der Waals surface area contributed by atoms with Crippen LogP contribution in [0.5, 0.6) is 5.75 Å². The van der Waals surface area contributed by atoms with Gasteiger partial charge in [-0.2, -0.15) is 0 Å². The highest BCUT2D eigenvalue weighted by Gasteiger charge is 2.28. The molecule has 0 atom stereocenters. The molecule has 1 heterocycles. The van der Waals surface area contributed by atoms with Crippen LogP contribution in [0.15, 0.2) is 24.3 Å². The van der Waals surface area contributed by atoms with Crippen molar-refractivity contribution >= 4 is 11.9 Å². The second-order valence-electron chi connectivity index (χ2n) is 8.33. The number of aromatic nitrogens is 1. The van der Waals surface area contributed by atoms with E-state index in [4.69, 9.17) is 9.47 Å². The van der Waals surface area contributed by atoms with Crippen LogP contribution in [0, 0.1) is 19.8 Å². The van der Waals surface area contributed by atoms with Gasteiger partial charge in [-0.25, -0.2) is 4.79 Å². The largest absolute Gasteiger partial charge is 0.497 e. The van der Waals surface area contributed by atoms with Gasteiger partial charge in [0.2, 0.25) is 5.91 Å². The van der Waals surface area contributed by atoms with E-state index < -0.39 is 0 Å². The molecule has 1 aliphatic carbocycles. The average molecular weight is 427 g/mol. The molecule has 6 heteroatoms. The highest BCUT2D eigenvalue weighted by Crippen LogP contribution is 2.28. The molecule has 0 aliphatic heterocycles. The van der Waals surface area contributed by atoms with Crippen LogP contribution in [-0.4, -0.2) is 35.5 Å². The summed E-state index contributed by atoms with van der Waals surface area (Å²) in [7, 11) is 1.64. The van der Waals surface area contributed by atoms with Crippen molar-refractivity contribution in [3.8, 4) is 5.75 Å². The van der Waals surface area contributed by atoms with E-state index in [1.807, 2.05) is 43.0 Å². The Hall–Kier alpha value is -2.76. The lowest BCUT2D eigenvalue weighted by Gasteiger charge is -2.29. The number of carbonyl (C=O) groups is 2. The van der Waals surface area contributed by atoms with Gasteiger partial charge < -0.3 is 19.4 Å². The van der Waals surface area contributed by atoms with Crippen molar-refractivity contribution in [1.29, 1.82) is 0 Å². The molecule has 0 spiro atoms.